The van der Waals surface area contributed by atoms with Crippen LogP contribution in [0.2, 0.25) is 5.15 Å². The monoisotopic (exact) mass is 253 g/mol. The van der Waals surface area contributed by atoms with Crippen molar-refractivity contribution in [3.63, 3.8) is 0 Å². The highest BCUT2D eigenvalue weighted by molar-refractivity contribution is 6.29. The fourth-order valence-electron chi connectivity index (χ4n) is 2.07. The van der Waals surface area contributed by atoms with Crippen molar-refractivity contribution in [2.75, 3.05) is 18.4 Å². The highest BCUT2D eigenvalue weighted by atomic mass is 35.5. The van der Waals surface area contributed by atoms with E-state index in [0.717, 1.165) is 31.6 Å². The summed E-state index contributed by atoms with van der Waals surface area (Å²) in [5.41, 5.74) is 0.992. The number of hydrogen-bond acceptors (Lipinski definition) is 3. The van der Waals surface area contributed by atoms with Gasteiger partial charge >= 0.3 is 0 Å². The van der Waals surface area contributed by atoms with E-state index in [1.807, 2.05) is 17.0 Å². The van der Waals surface area contributed by atoms with Gasteiger partial charge in [-0.25, -0.2) is 4.98 Å². The van der Waals surface area contributed by atoms with Gasteiger partial charge in [0.05, 0.1) is 0 Å². The number of halogens is 1. The standard InChI is InChI=1S/C12H16ClN3O/c1-9(17)16-6-3-10(4-7-16)15-11-2-5-14-12(13)8-11/h2,5,8,10H,3-4,6-7H2,1H3,(H,14,15). The molecule has 5 heteroatoms. The molecule has 1 aliphatic rings. The smallest absolute Gasteiger partial charge is 0.219 e. The van der Waals surface area contributed by atoms with Crippen LogP contribution in [0.15, 0.2) is 18.3 Å². The van der Waals surface area contributed by atoms with Gasteiger partial charge in [0.25, 0.3) is 0 Å². The fourth-order valence-corrected chi connectivity index (χ4v) is 2.24. The molecule has 1 amide bonds. The predicted molar refractivity (Wildman–Crippen MR) is 68.1 cm³/mol. The number of piperidine rings is 1. The zero-order chi connectivity index (χ0) is 12.3. The van der Waals surface area contributed by atoms with E-state index < -0.39 is 0 Å². The van der Waals surface area contributed by atoms with Gasteiger partial charge in [0, 0.05) is 37.9 Å². The maximum absolute atomic E-state index is 11.2. The SMILES string of the molecule is CC(=O)N1CCC(Nc2ccnc(Cl)c2)CC1. The average Bonchev–Trinajstić information content (AvgIpc) is 2.29. The highest BCUT2D eigenvalue weighted by Gasteiger charge is 2.20. The summed E-state index contributed by atoms with van der Waals surface area (Å²) >= 11 is 5.82. The van der Waals surface area contributed by atoms with E-state index in [9.17, 15) is 4.79 Å². The lowest BCUT2D eigenvalue weighted by atomic mass is 10.0. The van der Waals surface area contributed by atoms with Gasteiger partial charge in [-0.05, 0) is 25.0 Å². The van der Waals surface area contributed by atoms with E-state index in [-0.39, 0.29) is 5.91 Å². The van der Waals surface area contributed by atoms with Crippen molar-refractivity contribution in [1.82, 2.24) is 9.88 Å². The van der Waals surface area contributed by atoms with Crippen molar-refractivity contribution in [1.29, 1.82) is 0 Å². The number of carbonyl (C=O) groups excluding carboxylic acids is 1. The second-order valence-corrected chi connectivity index (χ2v) is 4.68. The Balaban J connectivity index is 1.88. The molecule has 2 heterocycles. The Morgan fingerprint density at radius 2 is 2.24 bits per heavy atom. The quantitative estimate of drug-likeness (QED) is 0.822. The van der Waals surface area contributed by atoms with Crippen LogP contribution in [0.1, 0.15) is 19.8 Å². The van der Waals surface area contributed by atoms with Crippen molar-refractivity contribution in [3.8, 4) is 0 Å². The fraction of sp³-hybridized carbons (Fsp3) is 0.500. The summed E-state index contributed by atoms with van der Waals surface area (Å²) < 4.78 is 0. The Morgan fingerprint density at radius 1 is 1.53 bits per heavy atom. The van der Waals surface area contributed by atoms with E-state index in [1.54, 1.807) is 13.1 Å². The zero-order valence-electron chi connectivity index (χ0n) is 9.82. The lowest BCUT2D eigenvalue weighted by Crippen LogP contribution is -2.41. The van der Waals surface area contributed by atoms with E-state index in [0.29, 0.717) is 11.2 Å². The van der Waals surface area contributed by atoms with E-state index in [2.05, 4.69) is 10.3 Å². The van der Waals surface area contributed by atoms with Gasteiger partial charge in [0.15, 0.2) is 0 Å². The lowest BCUT2D eigenvalue weighted by Gasteiger charge is -2.32. The second kappa shape index (κ2) is 5.36. The molecular formula is C12H16ClN3O. The third-order valence-electron chi connectivity index (χ3n) is 3.04. The molecule has 0 radical (unpaired) electrons. The van der Waals surface area contributed by atoms with Crippen LogP contribution in [0.3, 0.4) is 0 Å². The maximum Gasteiger partial charge on any atom is 0.219 e. The molecule has 1 fully saturated rings. The molecule has 1 aliphatic heterocycles. The van der Waals surface area contributed by atoms with Crippen LogP contribution in [0.5, 0.6) is 0 Å². The van der Waals surface area contributed by atoms with Crippen molar-refractivity contribution in [2.24, 2.45) is 0 Å². The van der Waals surface area contributed by atoms with Gasteiger partial charge in [-0.15, -0.1) is 0 Å². The number of nitrogens with one attached hydrogen (secondary N) is 1. The van der Waals surface area contributed by atoms with Gasteiger partial charge in [-0.1, -0.05) is 11.6 Å². The van der Waals surface area contributed by atoms with Crippen LogP contribution in [-0.4, -0.2) is 34.9 Å². The number of pyridine rings is 1. The summed E-state index contributed by atoms with van der Waals surface area (Å²) in [6.07, 6.45) is 3.63. The minimum absolute atomic E-state index is 0.162. The molecule has 92 valence electrons. The first-order valence-electron chi connectivity index (χ1n) is 5.79. The third-order valence-corrected chi connectivity index (χ3v) is 3.24. The number of amides is 1. The summed E-state index contributed by atoms with van der Waals surface area (Å²) in [6, 6.07) is 4.13. The molecule has 0 aliphatic carbocycles. The second-order valence-electron chi connectivity index (χ2n) is 4.29. The van der Waals surface area contributed by atoms with Crippen LogP contribution in [0.25, 0.3) is 0 Å². The topological polar surface area (TPSA) is 45.2 Å². The molecule has 0 bridgehead atoms. The van der Waals surface area contributed by atoms with Gasteiger partial charge < -0.3 is 10.2 Å². The highest BCUT2D eigenvalue weighted by Crippen LogP contribution is 2.18. The Hall–Kier alpha value is -1.29. The minimum Gasteiger partial charge on any atom is -0.382 e. The largest absolute Gasteiger partial charge is 0.382 e. The molecule has 4 nitrogen and oxygen atoms in total. The average molecular weight is 254 g/mol. The van der Waals surface area contributed by atoms with Gasteiger partial charge in [-0.2, -0.15) is 0 Å². The van der Waals surface area contributed by atoms with Crippen LogP contribution in [0.4, 0.5) is 5.69 Å². The number of likely N-dealkylation sites (tertiary alicyclic amines) is 1. The maximum atomic E-state index is 11.2. The first kappa shape index (κ1) is 12.2. The summed E-state index contributed by atoms with van der Waals surface area (Å²) in [4.78, 5) is 17.0. The Bertz CT molecular complexity index is 402. The number of hydrogen-bond donors (Lipinski definition) is 1. The molecule has 0 saturated carbocycles. The van der Waals surface area contributed by atoms with E-state index in [1.165, 1.54) is 0 Å². The number of aromatic nitrogens is 1. The Kier molecular flexibility index (Phi) is 3.84. The third kappa shape index (κ3) is 3.33. The van der Waals surface area contributed by atoms with Gasteiger partial charge in [0.1, 0.15) is 5.15 Å². The van der Waals surface area contributed by atoms with E-state index >= 15 is 0 Å². The van der Waals surface area contributed by atoms with Gasteiger partial charge in [0.2, 0.25) is 5.91 Å². The van der Waals surface area contributed by atoms with Crippen molar-refractivity contribution in [2.45, 2.75) is 25.8 Å². The number of nitrogens with zero attached hydrogens (tertiary/aromatic N) is 2. The molecule has 0 unspecified atom stereocenters. The van der Waals surface area contributed by atoms with Crippen molar-refractivity contribution in [3.05, 3.63) is 23.5 Å². The van der Waals surface area contributed by atoms with Crippen LogP contribution >= 0.6 is 11.6 Å². The predicted octanol–water partition coefficient (Wildman–Crippen LogP) is 2.16. The van der Waals surface area contributed by atoms with Crippen LogP contribution in [0, 0.1) is 0 Å². The first-order chi connectivity index (χ1) is 8.15. The van der Waals surface area contributed by atoms with Crippen molar-refractivity contribution >= 4 is 23.2 Å². The molecule has 2 rings (SSSR count). The van der Waals surface area contributed by atoms with Crippen LogP contribution < -0.4 is 5.32 Å². The molecular weight excluding hydrogens is 238 g/mol. The first-order valence-corrected chi connectivity index (χ1v) is 6.16. The van der Waals surface area contributed by atoms with Crippen LogP contribution in [-0.2, 0) is 4.79 Å². The zero-order valence-corrected chi connectivity index (χ0v) is 10.6. The molecule has 1 saturated heterocycles. The van der Waals surface area contributed by atoms with Crippen molar-refractivity contribution < 1.29 is 4.79 Å². The normalized spacial score (nSPS) is 16.9. The molecule has 0 aromatic carbocycles. The van der Waals surface area contributed by atoms with E-state index in [4.69, 9.17) is 11.6 Å². The molecule has 17 heavy (non-hydrogen) atoms. The molecule has 0 spiro atoms. The number of anilines is 1. The summed E-state index contributed by atoms with van der Waals surface area (Å²) in [5, 5.41) is 3.92. The van der Waals surface area contributed by atoms with Gasteiger partial charge in [-0.3, -0.25) is 4.79 Å². The Morgan fingerprint density at radius 3 is 2.82 bits per heavy atom. The molecule has 1 N–H and O–H groups in total. The molecule has 1 aromatic rings. The molecule has 0 atom stereocenters. The summed E-state index contributed by atoms with van der Waals surface area (Å²) in [7, 11) is 0. The summed E-state index contributed by atoms with van der Waals surface area (Å²) in [6.45, 7) is 3.27. The minimum atomic E-state index is 0.162. The summed E-state index contributed by atoms with van der Waals surface area (Å²) in [5.74, 6) is 0.162. The number of carbonyl (C=O) groups is 1. The molecule has 1 aromatic heterocycles. The number of rotatable bonds is 2. The lowest BCUT2D eigenvalue weighted by molar-refractivity contribution is -0.129. The Labute approximate surface area is 106 Å².